The van der Waals surface area contributed by atoms with Crippen LogP contribution in [0.25, 0.3) is 17.2 Å². The van der Waals surface area contributed by atoms with Crippen LogP contribution in [0.5, 0.6) is 0 Å². The number of piperazine rings is 1. The molecule has 1 aliphatic rings. The first-order valence-electron chi connectivity index (χ1n) is 10.6. The second-order valence-electron chi connectivity index (χ2n) is 7.92. The molecule has 8 heteroatoms. The van der Waals surface area contributed by atoms with Crippen LogP contribution in [0.4, 0.5) is 0 Å². The van der Waals surface area contributed by atoms with Crippen molar-refractivity contribution in [1.82, 2.24) is 9.21 Å². The van der Waals surface area contributed by atoms with E-state index in [0.29, 0.717) is 23.7 Å². The van der Waals surface area contributed by atoms with Crippen LogP contribution in [-0.4, -0.2) is 49.7 Å². The standard InChI is InChI=1S/C25H25ClN3O3S/c1-27-13-10-22(11-14-27)21-4-6-23(7-5-21)25(30)28-15-17-29(18-16-28)33(31,32)19-12-20-2-8-24(26)9-3-20/h2-14,19H,15-18H2,1H3/q+1/b19-12+. The smallest absolute Gasteiger partial charge is 0.253 e. The Hall–Kier alpha value is -3.00. The molecule has 0 aliphatic carbocycles. The zero-order chi connectivity index (χ0) is 23.4. The first-order valence-corrected chi connectivity index (χ1v) is 12.5. The molecular weight excluding hydrogens is 458 g/mol. The van der Waals surface area contributed by atoms with E-state index in [-0.39, 0.29) is 19.0 Å². The minimum Gasteiger partial charge on any atom is -0.336 e. The highest BCUT2D eigenvalue weighted by Gasteiger charge is 2.27. The number of pyridine rings is 1. The number of aryl methyl sites for hydroxylation is 1. The summed E-state index contributed by atoms with van der Waals surface area (Å²) in [6.45, 7) is 1.23. The quantitative estimate of drug-likeness (QED) is 0.522. The average Bonchev–Trinajstić information content (AvgIpc) is 2.84. The van der Waals surface area contributed by atoms with Crippen LogP contribution in [0.15, 0.2) is 78.5 Å². The lowest BCUT2D eigenvalue weighted by Gasteiger charge is -2.33. The first kappa shape index (κ1) is 23.2. The van der Waals surface area contributed by atoms with Crippen molar-refractivity contribution < 1.29 is 17.8 Å². The molecule has 2 heterocycles. The van der Waals surface area contributed by atoms with E-state index in [1.165, 1.54) is 9.71 Å². The zero-order valence-corrected chi connectivity index (χ0v) is 19.8. The molecule has 1 fully saturated rings. The van der Waals surface area contributed by atoms with Crippen LogP contribution in [0.1, 0.15) is 15.9 Å². The second-order valence-corrected chi connectivity index (χ2v) is 10.2. The van der Waals surface area contributed by atoms with E-state index >= 15 is 0 Å². The number of rotatable bonds is 5. The third-order valence-corrected chi connectivity index (χ3v) is 7.45. The van der Waals surface area contributed by atoms with Gasteiger partial charge in [0.05, 0.1) is 0 Å². The topological polar surface area (TPSA) is 61.6 Å². The van der Waals surface area contributed by atoms with E-state index in [1.54, 1.807) is 35.2 Å². The van der Waals surface area contributed by atoms with Gasteiger partial charge in [0.1, 0.15) is 7.05 Å². The van der Waals surface area contributed by atoms with Gasteiger partial charge in [0.25, 0.3) is 5.91 Å². The molecule has 0 saturated carbocycles. The molecule has 6 nitrogen and oxygen atoms in total. The molecule has 0 radical (unpaired) electrons. The Morgan fingerprint density at radius 1 is 0.879 bits per heavy atom. The summed E-state index contributed by atoms with van der Waals surface area (Å²) in [6.07, 6.45) is 5.51. The number of sulfonamides is 1. The highest BCUT2D eigenvalue weighted by molar-refractivity contribution is 7.92. The summed E-state index contributed by atoms with van der Waals surface area (Å²) >= 11 is 5.86. The van der Waals surface area contributed by atoms with Crippen LogP contribution in [0, 0.1) is 0 Å². The lowest BCUT2D eigenvalue weighted by molar-refractivity contribution is -0.671. The van der Waals surface area contributed by atoms with E-state index in [1.807, 2.05) is 60.4 Å². The van der Waals surface area contributed by atoms with Crippen molar-refractivity contribution in [1.29, 1.82) is 0 Å². The number of aromatic nitrogens is 1. The monoisotopic (exact) mass is 482 g/mol. The van der Waals surface area contributed by atoms with Gasteiger partial charge in [-0.2, -0.15) is 4.31 Å². The Bertz CT molecular complexity index is 1250. The van der Waals surface area contributed by atoms with Gasteiger partial charge >= 0.3 is 0 Å². The predicted molar refractivity (Wildman–Crippen MR) is 130 cm³/mol. The van der Waals surface area contributed by atoms with E-state index in [2.05, 4.69) is 0 Å². The lowest BCUT2D eigenvalue weighted by Crippen LogP contribution is -2.50. The molecule has 2 aromatic carbocycles. The Kier molecular flexibility index (Phi) is 6.93. The van der Waals surface area contributed by atoms with Crippen LogP contribution >= 0.6 is 11.6 Å². The Labute approximate surface area is 199 Å². The maximum absolute atomic E-state index is 12.9. The van der Waals surface area contributed by atoms with Gasteiger partial charge in [-0.3, -0.25) is 4.79 Å². The minimum absolute atomic E-state index is 0.0882. The second kappa shape index (κ2) is 9.87. The van der Waals surface area contributed by atoms with Gasteiger partial charge in [-0.15, -0.1) is 0 Å². The summed E-state index contributed by atoms with van der Waals surface area (Å²) in [5.74, 6) is -0.0882. The highest BCUT2D eigenvalue weighted by Crippen LogP contribution is 2.20. The summed E-state index contributed by atoms with van der Waals surface area (Å²) in [5, 5.41) is 1.80. The number of hydrogen-bond donors (Lipinski definition) is 0. The average molecular weight is 483 g/mol. The van der Waals surface area contributed by atoms with Crippen LogP contribution in [0.2, 0.25) is 5.02 Å². The van der Waals surface area contributed by atoms with E-state index in [9.17, 15) is 13.2 Å². The molecule has 0 spiro atoms. The van der Waals surface area contributed by atoms with Crippen molar-refractivity contribution in [3.63, 3.8) is 0 Å². The van der Waals surface area contributed by atoms with Gasteiger partial charge in [-0.25, -0.2) is 13.0 Å². The van der Waals surface area contributed by atoms with Crippen molar-refractivity contribution in [3.8, 4) is 11.1 Å². The van der Waals surface area contributed by atoms with E-state index < -0.39 is 10.0 Å². The molecule has 4 rings (SSSR count). The highest BCUT2D eigenvalue weighted by atomic mass is 35.5. The summed E-state index contributed by atoms with van der Waals surface area (Å²) < 4.78 is 28.7. The zero-order valence-electron chi connectivity index (χ0n) is 18.3. The summed E-state index contributed by atoms with van der Waals surface area (Å²) in [7, 11) is -1.60. The number of benzene rings is 2. The van der Waals surface area contributed by atoms with E-state index in [4.69, 9.17) is 11.6 Å². The maximum Gasteiger partial charge on any atom is 0.253 e. The molecule has 1 aliphatic heterocycles. The molecule has 0 unspecified atom stereocenters. The third kappa shape index (κ3) is 5.68. The van der Waals surface area contributed by atoms with Crippen molar-refractivity contribution >= 4 is 33.6 Å². The van der Waals surface area contributed by atoms with Crippen LogP contribution < -0.4 is 4.57 Å². The number of carbonyl (C=O) groups is 1. The SMILES string of the molecule is C[n+]1ccc(-c2ccc(C(=O)N3CCN(S(=O)(=O)/C=C/c4ccc(Cl)cc4)CC3)cc2)cc1. The molecular formula is C25H25ClN3O3S+. The largest absolute Gasteiger partial charge is 0.336 e. The van der Waals surface area contributed by atoms with Crippen molar-refractivity contribution in [3.05, 3.63) is 94.6 Å². The molecule has 0 bridgehead atoms. The van der Waals surface area contributed by atoms with Gasteiger partial charge in [-0.1, -0.05) is 35.9 Å². The number of carbonyl (C=O) groups excluding carboxylic acids is 1. The molecule has 1 amide bonds. The van der Waals surface area contributed by atoms with Crippen molar-refractivity contribution in [2.75, 3.05) is 26.2 Å². The number of halogens is 1. The molecule has 0 N–H and O–H groups in total. The van der Waals surface area contributed by atoms with Crippen molar-refractivity contribution in [2.24, 2.45) is 7.05 Å². The van der Waals surface area contributed by atoms with Gasteiger partial charge in [-0.05, 0) is 47.0 Å². The minimum atomic E-state index is -3.56. The maximum atomic E-state index is 12.9. The fourth-order valence-electron chi connectivity index (χ4n) is 3.65. The summed E-state index contributed by atoms with van der Waals surface area (Å²) in [6, 6.07) is 18.5. The van der Waals surface area contributed by atoms with Crippen LogP contribution in [0.3, 0.4) is 0 Å². The number of hydrogen-bond acceptors (Lipinski definition) is 3. The van der Waals surface area contributed by atoms with E-state index in [0.717, 1.165) is 16.7 Å². The predicted octanol–water partition coefficient (Wildman–Crippen LogP) is 3.59. The molecule has 1 aromatic heterocycles. The number of nitrogens with zero attached hydrogens (tertiary/aromatic N) is 3. The molecule has 33 heavy (non-hydrogen) atoms. The third-order valence-electron chi connectivity index (χ3n) is 5.63. The first-order chi connectivity index (χ1) is 15.8. The fourth-order valence-corrected chi connectivity index (χ4v) is 4.95. The summed E-state index contributed by atoms with van der Waals surface area (Å²) in [5.41, 5.74) is 3.47. The Balaban J connectivity index is 1.36. The fraction of sp³-hybridized carbons (Fsp3) is 0.200. The molecule has 0 atom stereocenters. The van der Waals surface area contributed by atoms with Gasteiger partial charge in [0.2, 0.25) is 10.0 Å². The summed E-state index contributed by atoms with van der Waals surface area (Å²) in [4.78, 5) is 14.6. The normalized spacial score (nSPS) is 15.2. The molecule has 1 saturated heterocycles. The van der Waals surface area contributed by atoms with Crippen molar-refractivity contribution in [2.45, 2.75) is 0 Å². The Morgan fingerprint density at radius 3 is 2.06 bits per heavy atom. The van der Waals surface area contributed by atoms with Gasteiger partial charge < -0.3 is 4.90 Å². The van der Waals surface area contributed by atoms with Crippen LogP contribution in [-0.2, 0) is 17.1 Å². The van der Waals surface area contributed by atoms with Gasteiger partial charge in [0, 0.05) is 54.3 Å². The molecule has 3 aromatic rings. The van der Waals surface area contributed by atoms with Gasteiger partial charge in [0.15, 0.2) is 12.4 Å². The lowest BCUT2D eigenvalue weighted by atomic mass is 10.0. The molecule has 170 valence electrons. The number of amides is 1. The Morgan fingerprint density at radius 2 is 1.45 bits per heavy atom.